The molecule has 0 saturated carbocycles. The van der Waals surface area contributed by atoms with Gasteiger partial charge in [-0.05, 0) is 11.5 Å². The lowest BCUT2D eigenvalue weighted by molar-refractivity contribution is 0.0691. The first kappa shape index (κ1) is 15.2. The number of aromatic carboxylic acids is 1. The maximum absolute atomic E-state index is 11.5. The minimum atomic E-state index is -3.08. The van der Waals surface area contributed by atoms with E-state index in [-0.39, 0.29) is 23.7 Å². The van der Waals surface area contributed by atoms with Crippen molar-refractivity contribution in [2.24, 2.45) is 0 Å². The van der Waals surface area contributed by atoms with Gasteiger partial charge in [0.15, 0.2) is 15.5 Å². The molecule has 0 fully saturated rings. The number of fused-ring (bicyclic) bond motifs is 1. The molecule has 0 bridgehead atoms. The summed E-state index contributed by atoms with van der Waals surface area (Å²) < 4.78 is 22.9. The zero-order valence-corrected chi connectivity index (χ0v) is 12.4. The van der Waals surface area contributed by atoms with E-state index in [1.54, 1.807) is 19.1 Å². The molecule has 0 saturated heterocycles. The van der Waals surface area contributed by atoms with Crippen LogP contribution in [0.15, 0.2) is 30.3 Å². The maximum Gasteiger partial charge on any atom is 0.354 e. The van der Waals surface area contributed by atoms with Crippen molar-refractivity contribution in [3.63, 3.8) is 0 Å². The quantitative estimate of drug-likeness (QED) is 0.844. The largest absolute Gasteiger partial charge is 0.477 e. The van der Waals surface area contributed by atoms with Gasteiger partial charge in [-0.15, -0.1) is 0 Å². The SMILES string of the molecule is CCS(=O)(=O)CCNc1nc(C(=O)O)cc2ccccc12. The molecule has 2 N–H and O–H groups in total. The van der Waals surface area contributed by atoms with Gasteiger partial charge in [-0.1, -0.05) is 31.2 Å². The zero-order chi connectivity index (χ0) is 15.5. The van der Waals surface area contributed by atoms with Crippen molar-refractivity contribution in [3.05, 3.63) is 36.0 Å². The lowest BCUT2D eigenvalue weighted by atomic mass is 10.1. The predicted octanol–water partition coefficient (Wildman–Crippen LogP) is 1.78. The highest BCUT2D eigenvalue weighted by Crippen LogP contribution is 2.22. The summed E-state index contributed by atoms with van der Waals surface area (Å²) in [6.45, 7) is 1.78. The number of benzene rings is 1. The van der Waals surface area contributed by atoms with Crippen LogP contribution in [0.4, 0.5) is 5.82 Å². The molecule has 0 spiro atoms. The summed E-state index contributed by atoms with van der Waals surface area (Å²) >= 11 is 0. The van der Waals surface area contributed by atoms with E-state index < -0.39 is 15.8 Å². The van der Waals surface area contributed by atoms with Crippen molar-refractivity contribution < 1.29 is 18.3 Å². The number of aromatic nitrogens is 1. The summed E-state index contributed by atoms with van der Waals surface area (Å²) in [5, 5.41) is 13.5. The molecule has 0 aliphatic heterocycles. The molecule has 6 nitrogen and oxygen atoms in total. The normalized spacial score (nSPS) is 11.5. The summed E-state index contributed by atoms with van der Waals surface area (Å²) in [6.07, 6.45) is 0. The van der Waals surface area contributed by atoms with Gasteiger partial charge in [0, 0.05) is 17.7 Å². The molecular weight excluding hydrogens is 292 g/mol. The Morgan fingerprint density at radius 2 is 2.05 bits per heavy atom. The van der Waals surface area contributed by atoms with E-state index in [0.29, 0.717) is 5.82 Å². The van der Waals surface area contributed by atoms with Crippen LogP contribution in [0.2, 0.25) is 0 Å². The van der Waals surface area contributed by atoms with Crippen molar-refractivity contribution in [3.8, 4) is 0 Å². The minimum absolute atomic E-state index is 0.0171. The van der Waals surface area contributed by atoms with Crippen molar-refractivity contribution >= 4 is 32.4 Å². The first-order valence-corrected chi connectivity index (χ1v) is 8.32. The number of anilines is 1. The Balaban J connectivity index is 2.31. The Hall–Kier alpha value is -2.15. The Bertz CT molecular complexity index is 772. The summed E-state index contributed by atoms with van der Waals surface area (Å²) in [6, 6.07) is 8.71. The Kier molecular flexibility index (Phi) is 4.42. The third-order valence-corrected chi connectivity index (χ3v) is 4.81. The van der Waals surface area contributed by atoms with Crippen LogP contribution in [0, 0.1) is 0 Å². The smallest absolute Gasteiger partial charge is 0.354 e. The number of carboxylic acid groups (broad SMARTS) is 1. The fourth-order valence-electron chi connectivity index (χ4n) is 1.91. The van der Waals surface area contributed by atoms with Gasteiger partial charge in [0.05, 0.1) is 5.75 Å². The molecule has 0 radical (unpaired) electrons. The van der Waals surface area contributed by atoms with E-state index in [2.05, 4.69) is 10.3 Å². The maximum atomic E-state index is 11.5. The number of nitrogens with one attached hydrogen (secondary N) is 1. The number of nitrogens with zero attached hydrogens (tertiary/aromatic N) is 1. The lowest BCUT2D eigenvalue weighted by Crippen LogP contribution is -2.18. The molecule has 0 amide bonds. The second-order valence-electron chi connectivity index (χ2n) is 4.55. The van der Waals surface area contributed by atoms with Crippen LogP contribution in [0.1, 0.15) is 17.4 Å². The fraction of sp³-hybridized carbons (Fsp3) is 0.286. The average Bonchev–Trinajstić information content (AvgIpc) is 2.46. The van der Waals surface area contributed by atoms with Gasteiger partial charge < -0.3 is 10.4 Å². The molecule has 0 unspecified atom stereocenters. The first-order valence-electron chi connectivity index (χ1n) is 6.50. The fourth-order valence-corrected chi connectivity index (χ4v) is 2.61. The standard InChI is InChI=1S/C14H16N2O4S/c1-2-21(19,20)8-7-15-13-11-6-4-3-5-10(11)9-12(16-13)14(17)18/h3-6,9H,2,7-8H2,1H3,(H,15,16)(H,17,18). The topological polar surface area (TPSA) is 96.4 Å². The third kappa shape index (κ3) is 3.69. The second kappa shape index (κ2) is 6.09. The van der Waals surface area contributed by atoms with Crippen LogP contribution >= 0.6 is 0 Å². The summed E-state index contributed by atoms with van der Waals surface area (Å²) in [5.41, 5.74) is -0.0745. The molecule has 0 atom stereocenters. The summed E-state index contributed by atoms with van der Waals surface area (Å²) in [5.74, 6) is -0.670. The van der Waals surface area contributed by atoms with E-state index in [4.69, 9.17) is 5.11 Å². The number of hydrogen-bond acceptors (Lipinski definition) is 5. The van der Waals surface area contributed by atoms with Crippen molar-refractivity contribution in [1.29, 1.82) is 0 Å². The molecule has 21 heavy (non-hydrogen) atoms. The van der Waals surface area contributed by atoms with E-state index in [0.717, 1.165) is 10.8 Å². The molecular formula is C14H16N2O4S. The van der Waals surface area contributed by atoms with Gasteiger partial charge in [0.1, 0.15) is 5.82 Å². The van der Waals surface area contributed by atoms with E-state index in [1.807, 2.05) is 12.1 Å². The number of rotatable bonds is 6. The number of carbonyl (C=O) groups is 1. The number of sulfone groups is 1. The monoisotopic (exact) mass is 308 g/mol. The molecule has 1 heterocycles. The van der Waals surface area contributed by atoms with E-state index >= 15 is 0 Å². The highest BCUT2D eigenvalue weighted by atomic mass is 32.2. The minimum Gasteiger partial charge on any atom is -0.477 e. The van der Waals surface area contributed by atoms with Crippen LogP contribution in [0.5, 0.6) is 0 Å². The van der Waals surface area contributed by atoms with Crippen LogP contribution in [-0.2, 0) is 9.84 Å². The third-order valence-electron chi connectivity index (χ3n) is 3.10. The van der Waals surface area contributed by atoms with E-state index in [1.165, 1.54) is 6.07 Å². The molecule has 2 rings (SSSR count). The lowest BCUT2D eigenvalue weighted by Gasteiger charge is -2.10. The van der Waals surface area contributed by atoms with Crippen molar-refractivity contribution in [1.82, 2.24) is 4.98 Å². The Morgan fingerprint density at radius 3 is 2.71 bits per heavy atom. The van der Waals surface area contributed by atoms with Gasteiger partial charge in [-0.25, -0.2) is 18.2 Å². The molecule has 7 heteroatoms. The number of pyridine rings is 1. The number of carboxylic acids is 1. The average molecular weight is 308 g/mol. The number of hydrogen-bond donors (Lipinski definition) is 2. The molecule has 0 aliphatic rings. The van der Waals surface area contributed by atoms with Gasteiger partial charge >= 0.3 is 5.97 Å². The molecule has 0 aliphatic carbocycles. The van der Waals surface area contributed by atoms with Crippen LogP contribution in [-0.4, -0.2) is 42.5 Å². The molecule has 1 aromatic carbocycles. The first-order chi connectivity index (χ1) is 9.93. The molecule has 1 aromatic heterocycles. The second-order valence-corrected chi connectivity index (χ2v) is 7.02. The van der Waals surface area contributed by atoms with Crippen molar-refractivity contribution in [2.75, 3.05) is 23.4 Å². The van der Waals surface area contributed by atoms with Gasteiger partial charge in [0.25, 0.3) is 0 Å². The van der Waals surface area contributed by atoms with Crippen LogP contribution in [0.25, 0.3) is 10.8 Å². The molecule has 2 aromatic rings. The Labute approximate surface area is 122 Å². The van der Waals surface area contributed by atoms with Gasteiger partial charge in [-0.2, -0.15) is 0 Å². The highest BCUT2D eigenvalue weighted by Gasteiger charge is 2.12. The highest BCUT2D eigenvalue weighted by molar-refractivity contribution is 7.91. The predicted molar refractivity (Wildman–Crippen MR) is 81.5 cm³/mol. The van der Waals surface area contributed by atoms with Crippen LogP contribution < -0.4 is 5.32 Å². The summed E-state index contributed by atoms with van der Waals surface area (Å²) in [4.78, 5) is 15.1. The zero-order valence-electron chi connectivity index (χ0n) is 11.5. The van der Waals surface area contributed by atoms with Gasteiger partial charge in [0.2, 0.25) is 0 Å². The van der Waals surface area contributed by atoms with Crippen LogP contribution in [0.3, 0.4) is 0 Å². The molecule has 112 valence electrons. The summed E-state index contributed by atoms with van der Waals surface area (Å²) in [7, 11) is -3.08. The van der Waals surface area contributed by atoms with Crippen molar-refractivity contribution in [2.45, 2.75) is 6.92 Å². The Morgan fingerprint density at radius 1 is 1.33 bits per heavy atom. The van der Waals surface area contributed by atoms with E-state index in [9.17, 15) is 13.2 Å². The van der Waals surface area contributed by atoms with Gasteiger partial charge in [-0.3, -0.25) is 0 Å².